The van der Waals surface area contributed by atoms with Gasteiger partial charge in [-0.1, -0.05) is 0 Å². The van der Waals surface area contributed by atoms with E-state index in [2.05, 4.69) is 0 Å². The molecule has 0 amide bonds. The Bertz CT molecular complexity index is 101. The molecule has 2 nitrogen and oxygen atoms in total. The van der Waals surface area contributed by atoms with E-state index in [1.54, 1.807) is 0 Å². The van der Waals surface area contributed by atoms with Gasteiger partial charge in [-0.3, -0.25) is 0 Å². The minimum Gasteiger partial charge on any atom is -0.388 e. The highest BCUT2D eigenvalue weighted by Crippen LogP contribution is 2.40. The zero-order valence-electron chi connectivity index (χ0n) is 6.09. The highest BCUT2D eigenvalue weighted by Gasteiger charge is 2.42. The SMILES string of the molecule is CC(N)C(C)(O)C1CC1. The molecule has 0 spiro atoms. The normalized spacial score (nSPS) is 29.3. The van der Waals surface area contributed by atoms with Crippen LogP contribution < -0.4 is 5.73 Å². The summed E-state index contributed by atoms with van der Waals surface area (Å²) < 4.78 is 0. The maximum Gasteiger partial charge on any atom is 0.0795 e. The first-order valence-electron chi connectivity index (χ1n) is 3.53. The second-order valence-corrected chi connectivity index (χ2v) is 3.29. The Balaban J connectivity index is 2.48. The van der Waals surface area contributed by atoms with E-state index in [0.717, 1.165) is 12.8 Å². The second kappa shape index (κ2) is 1.96. The molecule has 0 saturated heterocycles. The van der Waals surface area contributed by atoms with Gasteiger partial charge in [-0.2, -0.15) is 0 Å². The standard InChI is InChI=1S/C7H15NO/c1-5(8)7(2,9)6-3-4-6/h5-6,9H,3-4,8H2,1-2H3. The highest BCUT2D eigenvalue weighted by molar-refractivity contribution is 4.96. The lowest BCUT2D eigenvalue weighted by molar-refractivity contribution is 0.0162. The number of hydrogen-bond acceptors (Lipinski definition) is 2. The van der Waals surface area contributed by atoms with Gasteiger partial charge >= 0.3 is 0 Å². The van der Waals surface area contributed by atoms with Gasteiger partial charge in [0.1, 0.15) is 0 Å². The minimum absolute atomic E-state index is 0.0926. The van der Waals surface area contributed by atoms with Crippen LogP contribution >= 0.6 is 0 Å². The zero-order valence-corrected chi connectivity index (χ0v) is 6.09. The molecule has 0 radical (unpaired) electrons. The van der Waals surface area contributed by atoms with E-state index in [1.165, 1.54) is 0 Å². The quantitative estimate of drug-likeness (QED) is 0.570. The van der Waals surface area contributed by atoms with Gasteiger partial charge < -0.3 is 10.8 Å². The molecular weight excluding hydrogens is 114 g/mol. The fourth-order valence-corrected chi connectivity index (χ4v) is 1.04. The Morgan fingerprint density at radius 3 is 2.22 bits per heavy atom. The Kier molecular flexibility index (Phi) is 1.53. The van der Waals surface area contributed by atoms with E-state index in [-0.39, 0.29) is 6.04 Å². The van der Waals surface area contributed by atoms with Crippen LogP contribution in [0.4, 0.5) is 0 Å². The summed E-state index contributed by atoms with van der Waals surface area (Å²) in [6, 6.07) is -0.0926. The van der Waals surface area contributed by atoms with Crippen LogP contribution in [0.15, 0.2) is 0 Å². The van der Waals surface area contributed by atoms with Crippen molar-refractivity contribution in [1.82, 2.24) is 0 Å². The molecule has 9 heavy (non-hydrogen) atoms. The highest BCUT2D eigenvalue weighted by atomic mass is 16.3. The van der Waals surface area contributed by atoms with Crippen molar-refractivity contribution in [2.24, 2.45) is 11.7 Å². The Morgan fingerprint density at radius 2 is 2.11 bits per heavy atom. The van der Waals surface area contributed by atoms with Crippen molar-refractivity contribution in [1.29, 1.82) is 0 Å². The lowest BCUT2D eigenvalue weighted by atomic mass is 9.93. The summed E-state index contributed by atoms with van der Waals surface area (Å²) in [4.78, 5) is 0. The second-order valence-electron chi connectivity index (χ2n) is 3.29. The van der Waals surface area contributed by atoms with Crippen molar-refractivity contribution in [2.75, 3.05) is 0 Å². The van der Waals surface area contributed by atoms with Crippen molar-refractivity contribution in [3.63, 3.8) is 0 Å². The minimum atomic E-state index is -0.611. The van der Waals surface area contributed by atoms with E-state index in [4.69, 9.17) is 5.73 Å². The van der Waals surface area contributed by atoms with E-state index < -0.39 is 5.60 Å². The predicted molar refractivity (Wildman–Crippen MR) is 37.0 cm³/mol. The average Bonchev–Trinajstić information content (AvgIpc) is 2.42. The van der Waals surface area contributed by atoms with Crippen LogP contribution in [0.25, 0.3) is 0 Å². The molecule has 1 aliphatic carbocycles. The van der Waals surface area contributed by atoms with Crippen molar-refractivity contribution in [3.8, 4) is 0 Å². The van der Waals surface area contributed by atoms with Crippen LogP contribution in [0, 0.1) is 5.92 Å². The molecule has 0 aromatic heterocycles. The number of rotatable bonds is 2. The summed E-state index contributed by atoms with van der Waals surface area (Å²) in [6.45, 7) is 3.69. The molecule has 3 N–H and O–H groups in total. The first-order chi connectivity index (χ1) is 4.05. The van der Waals surface area contributed by atoms with Gasteiger partial charge in [-0.15, -0.1) is 0 Å². The molecular formula is C7H15NO. The first-order valence-corrected chi connectivity index (χ1v) is 3.53. The van der Waals surface area contributed by atoms with Gasteiger partial charge in [0.25, 0.3) is 0 Å². The summed E-state index contributed by atoms with van der Waals surface area (Å²) in [5, 5.41) is 9.61. The number of hydrogen-bond donors (Lipinski definition) is 2. The average molecular weight is 129 g/mol. The molecule has 0 aliphatic heterocycles. The lowest BCUT2D eigenvalue weighted by Gasteiger charge is -2.26. The van der Waals surface area contributed by atoms with Gasteiger partial charge in [-0.05, 0) is 32.6 Å². The molecule has 1 rings (SSSR count). The molecule has 2 heteroatoms. The summed E-state index contributed by atoms with van der Waals surface area (Å²) >= 11 is 0. The van der Waals surface area contributed by atoms with E-state index in [9.17, 15) is 5.11 Å². The van der Waals surface area contributed by atoms with Crippen LogP contribution in [0.3, 0.4) is 0 Å². The molecule has 0 heterocycles. The molecule has 0 bridgehead atoms. The van der Waals surface area contributed by atoms with Crippen molar-refractivity contribution < 1.29 is 5.11 Å². The van der Waals surface area contributed by atoms with Gasteiger partial charge in [0.05, 0.1) is 5.60 Å². The van der Waals surface area contributed by atoms with Gasteiger partial charge in [-0.25, -0.2) is 0 Å². The smallest absolute Gasteiger partial charge is 0.0795 e. The summed E-state index contributed by atoms with van der Waals surface area (Å²) in [6.07, 6.45) is 2.29. The molecule has 0 aromatic rings. The summed E-state index contributed by atoms with van der Waals surface area (Å²) in [5.74, 6) is 0.470. The Hall–Kier alpha value is -0.0800. The van der Waals surface area contributed by atoms with E-state index in [1.807, 2.05) is 13.8 Å². The molecule has 1 fully saturated rings. The molecule has 1 saturated carbocycles. The lowest BCUT2D eigenvalue weighted by Crippen LogP contribution is -2.45. The number of nitrogens with two attached hydrogens (primary N) is 1. The fourth-order valence-electron chi connectivity index (χ4n) is 1.04. The van der Waals surface area contributed by atoms with Crippen LogP contribution in [0.2, 0.25) is 0 Å². The van der Waals surface area contributed by atoms with E-state index >= 15 is 0 Å². The molecule has 2 atom stereocenters. The van der Waals surface area contributed by atoms with Crippen molar-refractivity contribution >= 4 is 0 Å². The largest absolute Gasteiger partial charge is 0.388 e. The molecule has 1 aliphatic rings. The third-order valence-electron chi connectivity index (χ3n) is 2.33. The molecule has 2 unspecified atom stereocenters. The predicted octanol–water partition coefficient (Wildman–Crippen LogP) is 0.495. The third-order valence-corrected chi connectivity index (χ3v) is 2.33. The molecule has 0 aromatic carbocycles. The van der Waals surface area contributed by atoms with Gasteiger partial charge in [0.15, 0.2) is 0 Å². The Labute approximate surface area is 56.1 Å². The summed E-state index contributed by atoms with van der Waals surface area (Å²) in [7, 11) is 0. The van der Waals surface area contributed by atoms with Gasteiger partial charge in [0.2, 0.25) is 0 Å². The van der Waals surface area contributed by atoms with Crippen LogP contribution in [-0.2, 0) is 0 Å². The monoisotopic (exact) mass is 129 g/mol. The summed E-state index contributed by atoms with van der Waals surface area (Å²) in [5.41, 5.74) is 4.95. The topological polar surface area (TPSA) is 46.2 Å². The number of aliphatic hydroxyl groups is 1. The Morgan fingerprint density at radius 1 is 1.67 bits per heavy atom. The fraction of sp³-hybridized carbons (Fsp3) is 1.00. The molecule has 54 valence electrons. The van der Waals surface area contributed by atoms with Crippen molar-refractivity contribution in [2.45, 2.75) is 38.3 Å². The van der Waals surface area contributed by atoms with E-state index in [0.29, 0.717) is 5.92 Å². The first kappa shape index (κ1) is 7.03. The maximum absolute atomic E-state index is 9.61. The van der Waals surface area contributed by atoms with Gasteiger partial charge in [0, 0.05) is 6.04 Å². The maximum atomic E-state index is 9.61. The third kappa shape index (κ3) is 1.25. The van der Waals surface area contributed by atoms with Crippen molar-refractivity contribution in [3.05, 3.63) is 0 Å². The zero-order chi connectivity index (χ0) is 7.07. The van der Waals surface area contributed by atoms with Crippen LogP contribution in [0.5, 0.6) is 0 Å². The van der Waals surface area contributed by atoms with Crippen LogP contribution in [-0.4, -0.2) is 16.7 Å². The van der Waals surface area contributed by atoms with Crippen LogP contribution in [0.1, 0.15) is 26.7 Å².